The summed E-state index contributed by atoms with van der Waals surface area (Å²) in [5.74, 6) is 0.912. The molecule has 0 bridgehead atoms. The Balaban J connectivity index is 1.58. The number of fused-ring (bicyclic) bond motifs is 1. The fourth-order valence-electron chi connectivity index (χ4n) is 4.00. The molecule has 2 heteroatoms. The number of ketones is 1. The first-order chi connectivity index (χ1) is 9.81. The Kier molecular flexibility index (Phi) is 7.06. The maximum Gasteiger partial charge on any atom is 0.139 e. The monoisotopic (exact) mass is 279 g/mol. The summed E-state index contributed by atoms with van der Waals surface area (Å²) in [6.07, 6.45) is 16.5. The Bertz CT molecular complexity index is 289. The summed E-state index contributed by atoms with van der Waals surface area (Å²) >= 11 is 0. The van der Waals surface area contributed by atoms with Gasteiger partial charge in [0.15, 0.2) is 0 Å². The molecule has 0 unspecified atom stereocenters. The van der Waals surface area contributed by atoms with Crippen molar-refractivity contribution in [1.29, 1.82) is 0 Å². The molecular formula is C18H33NO. The minimum absolute atomic E-state index is 0.356. The Morgan fingerprint density at radius 1 is 1.00 bits per heavy atom. The molecule has 2 fully saturated rings. The van der Waals surface area contributed by atoms with Crippen LogP contribution in [-0.2, 0) is 4.79 Å². The van der Waals surface area contributed by atoms with Gasteiger partial charge in [0.2, 0.25) is 0 Å². The van der Waals surface area contributed by atoms with E-state index in [0.717, 1.165) is 12.8 Å². The van der Waals surface area contributed by atoms with Gasteiger partial charge in [-0.05, 0) is 19.3 Å². The zero-order valence-electron chi connectivity index (χ0n) is 13.3. The van der Waals surface area contributed by atoms with Gasteiger partial charge >= 0.3 is 0 Å². The Morgan fingerprint density at radius 3 is 2.50 bits per heavy atom. The normalized spacial score (nSPS) is 30.2. The first-order valence-corrected chi connectivity index (χ1v) is 9.10. The zero-order valence-corrected chi connectivity index (χ0v) is 13.3. The van der Waals surface area contributed by atoms with E-state index >= 15 is 0 Å². The van der Waals surface area contributed by atoms with Gasteiger partial charge in [0.05, 0.1) is 0 Å². The predicted molar refractivity (Wildman–Crippen MR) is 84.9 cm³/mol. The number of nitrogens with one attached hydrogen (secondary N) is 1. The summed E-state index contributed by atoms with van der Waals surface area (Å²) in [5.41, 5.74) is 0. The van der Waals surface area contributed by atoms with Crippen molar-refractivity contribution in [1.82, 2.24) is 5.32 Å². The quantitative estimate of drug-likeness (QED) is 0.657. The lowest BCUT2D eigenvalue weighted by atomic mass is 9.76. The number of carbonyl (C=O) groups is 1. The molecule has 0 spiro atoms. The van der Waals surface area contributed by atoms with Crippen molar-refractivity contribution >= 4 is 5.78 Å². The van der Waals surface area contributed by atoms with Gasteiger partial charge in [0.1, 0.15) is 5.78 Å². The molecule has 0 radical (unpaired) electrons. The molecule has 1 heterocycles. The van der Waals surface area contributed by atoms with Crippen LogP contribution >= 0.6 is 0 Å². The molecule has 0 aromatic heterocycles. The van der Waals surface area contributed by atoms with Crippen molar-refractivity contribution < 1.29 is 4.79 Å². The van der Waals surface area contributed by atoms with E-state index in [1.165, 1.54) is 70.6 Å². The van der Waals surface area contributed by atoms with E-state index in [-0.39, 0.29) is 0 Å². The number of carbonyl (C=O) groups excluding carboxylic acids is 1. The van der Waals surface area contributed by atoms with Crippen LogP contribution in [0.1, 0.15) is 90.4 Å². The molecule has 20 heavy (non-hydrogen) atoms. The maximum absolute atomic E-state index is 12.2. The van der Waals surface area contributed by atoms with Gasteiger partial charge in [0, 0.05) is 24.4 Å². The van der Waals surface area contributed by atoms with Crippen molar-refractivity contribution in [3.63, 3.8) is 0 Å². The third-order valence-corrected chi connectivity index (χ3v) is 5.23. The lowest BCUT2D eigenvalue weighted by molar-refractivity contribution is -0.127. The second-order valence-corrected chi connectivity index (χ2v) is 6.94. The fraction of sp³-hybridized carbons (Fsp3) is 0.944. The summed E-state index contributed by atoms with van der Waals surface area (Å²) in [6.45, 7) is 2.27. The van der Waals surface area contributed by atoms with Crippen LogP contribution in [0, 0.1) is 5.92 Å². The molecule has 2 nitrogen and oxygen atoms in total. The molecule has 1 saturated carbocycles. The largest absolute Gasteiger partial charge is 0.310 e. The average molecular weight is 279 g/mol. The summed E-state index contributed by atoms with van der Waals surface area (Å²) in [4.78, 5) is 12.2. The number of hydrogen-bond acceptors (Lipinski definition) is 2. The minimum Gasteiger partial charge on any atom is -0.310 e. The van der Waals surface area contributed by atoms with Gasteiger partial charge in [-0.25, -0.2) is 0 Å². The van der Waals surface area contributed by atoms with Crippen LogP contribution in [0.2, 0.25) is 0 Å². The molecule has 0 aromatic carbocycles. The smallest absolute Gasteiger partial charge is 0.139 e. The minimum atomic E-state index is 0.356. The van der Waals surface area contributed by atoms with Gasteiger partial charge in [-0.15, -0.1) is 0 Å². The fourth-order valence-corrected chi connectivity index (χ4v) is 4.00. The first-order valence-electron chi connectivity index (χ1n) is 9.10. The average Bonchev–Trinajstić information content (AvgIpc) is 2.46. The summed E-state index contributed by atoms with van der Waals surface area (Å²) in [5, 5.41) is 3.78. The van der Waals surface area contributed by atoms with Crippen LogP contribution < -0.4 is 5.32 Å². The van der Waals surface area contributed by atoms with Crippen LogP contribution in [0.3, 0.4) is 0 Å². The topological polar surface area (TPSA) is 29.1 Å². The van der Waals surface area contributed by atoms with Crippen molar-refractivity contribution in [3.05, 3.63) is 0 Å². The van der Waals surface area contributed by atoms with Crippen molar-refractivity contribution in [2.24, 2.45) is 5.92 Å². The van der Waals surface area contributed by atoms with E-state index in [2.05, 4.69) is 12.2 Å². The third kappa shape index (κ3) is 4.87. The Labute approximate surface area is 125 Å². The molecule has 3 atom stereocenters. The SMILES string of the molecule is CCCCCCCCC[C@@H]1CC(=O)[C@@H]2CCCC[C@H]2N1. The van der Waals surface area contributed by atoms with E-state index in [4.69, 9.17) is 0 Å². The van der Waals surface area contributed by atoms with Gasteiger partial charge in [-0.1, -0.05) is 64.7 Å². The first kappa shape index (κ1) is 16.0. The number of rotatable bonds is 8. The highest BCUT2D eigenvalue weighted by molar-refractivity contribution is 5.83. The number of hydrogen-bond donors (Lipinski definition) is 1. The number of piperidine rings is 1. The van der Waals surface area contributed by atoms with Crippen LogP contribution in [0.15, 0.2) is 0 Å². The van der Waals surface area contributed by atoms with E-state index in [1.807, 2.05) is 0 Å². The molecule has 0 amide bonds. The molecule has 1 saturated heterocycles. The zero-order chi connectivity index (χ0) is 14.2. The van der Waals surface area contributed by atoms with Crippen LogP contribution in [0.25, 0.3) is 0 Å². The maximum atomic E-state index is 12.2. The Morgan fingerprint density at radius 2 is 1.70 bits per heavy atom. The van der Waals surface area contributed by atoms with Crippen molar-refractivity contribution in [2.45, 2.75) is 102 Å². The van der Waals surface area contributed by atoms with Crippen molar-refractivity contribution in [2.75, 3.05) is 0 Å². The highest BCUT2D eigenvalue weighted by atomic mass is 16.1. The highest BCUT2D eigenvalue weighted by Gasteiger charge is 2.36. The number of Topliss-reactive ketones (excluding diaryl/α,β-unsaturated/α-hetero) is 1. The molecule has 116 valence electrons. The van der Waals surface area contributed by atoms with Gasteiger partial charge < -0.3 is 5.32 Å². The van der Waals surface area contributed by atoms with Crippen LogP contribution in [0.5, 0.6) is 0 Å². The summed E-state index contributed by atoms with van der Waals surface area (Å²) in [6, 6.07) is 0.997. The number of unbranched alkanes of at least 4 members (excludes halogenated alkanes) is 6. The van der Waals surface area contributed by atoms with Gasteiger partial charge in [0.25, 0.3) is 0 Å². The molecule has 2 rings (SSSR count). The van der Waals surface area contributed by atoms with E-state index in [9.17, 15) is 4.79 Å². The predicted octanol–water partition coefficient (Wildman–Crippen LogP) is 4.62. The lowest BCUT2D eigenvalue weighted by Crippen LogP contribution is -2.53. The van der Waals surface area contributed by atoms with E-state index < -0.39 is 0 Å². The Hall–Kier alpha value is -0.370. The van der Waals surface area contributed by atoms with Crippen LogP contribution in [-0.4, -0.2) is 17.9 Å². The van der Waals surface area contributed by atoms with Gasteiger partial charge in [-0.2, -0.15) is 0 Å². The molecule has 1 aliphatic carbocycles. The van der Waals surface area contributed by atoms with Gasteiger partial charge in [-0.3, -0.25) is 4.79 Å². The molecular weight excluding hydrogens is 246 g/mol. The van der Waals surface area contributed by atoms with Crippen LogP contribution in [0.4, 0.5) is 0 Å². The summed E-state index contributed by atoms with van der Waals surface area (Å²) in [7, 11) is 0. The van der Waals surface area contributed by atoms with E-state index in [0.29, 0.717) is 23.8 Å². The van der Waals surface area contributed by atoms with E-state index in [1.54, 1.807) is 0 Å². The highest BCUT2D eigenvalue weighted by Crippen LogP contribution is 2.31. The second-order valence-electron chi connectivity index (χ2n) is 6.94. The second kappa shape index (κ2) is 8.81. The standard InChI is InChI=1S/C18H33NO/c1-2-3-4-5-6-7-8-11-15-14-18(20)16-12-9-10-13-17(16)19-15/h15-17,19H,2-14H2,1H3/t15-,16-,17-/m1/s1. The lowest BCUT2D eigenvalue weighted by Gasteiger charge is -2.39. The summed E-state index contributed by atoms with van der Waals surface area (Å²) < 4.78 is 0. The molecule has 2 aliphatic rings. The molecule has 1 N–H and O–H groups in total. The molecule has 0 aromatic rings. The third-order valence-electron chi connectivity index (χ3n) is 5.23. The molecule has 1 aliphatic heterocycles. The van der Waals surface area contributed by atoms with Crippen molar-refractivity contribution in [3.8, 4) is 0 Å².